The monoisotopic (exact) mass is 274 g/mol. The van der Waals surface area contributed by atoms with Gasteiger partial charge in [0.2, 0.25) is 0 Å². The normalized spacial score (nSPS) is 16.5. The van der Waals surface area contributed by atoms with Crippen molar-refractivity contribution in [1.82, 2.24) is 4.98 Å². The van der Waals surface area contributed by atoms with Gasteiger partial charge in [0.15, 0.2) is 5.78 Å². The Morgan fingerprint density at radius 3 is 2.90 bits per heavy atom. The number of Topliss-reactive ketones (excluding diaryl/α,β-unsaturated/α-hetero) is 1. The summed E-state index contributed by atoms with van der Waals surface area (Å²) < 4.78 is 0. The minimum Gasteiger partial charge on any atom is -0.374 e. The van der Waals surface area contributed by atoms with E-state index in [9.17, 15) is 4.79 Å². The predicted octanol–water partition coefficient (Wildman–Crippen LogP) is 3.45. The molecule has 1 aliphatic rings. The third-order valence-corrected chi connectivity index (χ3v) is 4.03. The van der Waals surface area contributed by atoms with Gasteiger partial charge in [-0.25, -0.2) is 0 Å². The molecule has 1 aromatic heterocycles. The van der Waals surface area contributed by atoms with Gasteiger partial charge in [0.25, 0.3) is 0 Å². The van der Waals surface area contributed by atoms with Gasteiger partial charge in [0.05, 0.1) is 6.04 Å². The van der Waals surface area contributed by atoms with Crippen LogP contribution in [0, 0.1) is 0 Å². The molecule has 102 valence electrons. The number of nitrogens with one attached hydrogen (secondary N) is 1. The van der Waals surface area contributed by atoms with Crippen LogP contribution in [0.3, 0.4) is 0 Å². The molecule has 0 aliphatic carbocycles. The van der Waals surface area contributed by atoms with E-state index in [0.29, 0.717) is 0 Å². The number of benzene rings is 2. The van der Waals surface area contributed by atoms with Gasteiger partial charge < -0.3 is 5.32 Å². The molecule has 4 rings (SSSR count). The Morgan fingerprint density at radius 1 is 1.10 bits per heavy atom. The minimum atomic E-state index is -0.179. The quantitative estimate of drug-likeness (QED) is 0.728. The van der Waals surface area contributed by atoms with E-state index in [0.717, 1.165) is 28.4 Å². The number of carbonyl (C=O) groups excluding carboxylic acids is 1. The fraction of sp³-hybridized carbons (Fsp3) is 0.111. The van der Waals surface area contributed by atoms with E-state index in [4.69, 9.17) is 0 Å². The Balaban J connectivity index is 1.72. The maximum absolute atomic E-state index is 12.8. The number of ketones is 1. The van der Waals surface area contributed by atoms with Crippen LogP contribution in [0.25, 0.3) is 10.8 Å². The Labute approximate surface area is 122 Å². The van der Waals surface area contributed by atoms with Crippen molar-refractivity contribution in [3.8, 4) is 0 Å². The number of anilines is 1. The summed E-state index contributed by atoms with van der Waals surface area (Å²) in [7, 11) is 0. The van der Waals surface area contributed by atoms with Crippen molar-refractivity contribution in [2.75, 3.05) is 5.32 Å². The maximum atomic E-state index is 12.8. The van der Waals surface area contributed by atoms with Crippen LogP contribution >= 0.6 is 0 Å². The summed E-state index contributed by atoms with van der Waals surface area (Å²) in [6.45, 7) is 0. The van der Waals surface area contributed by atoms with Crippen molar-refractivity contribution in [2.45, 2.75) is 12.5 Å². The molecule has 1 atom stereocenters. The first kappa shape index (κ1) is 12.1. The van der Waals surface area contributed by atoms with Crippen LogP contribution in [-0.2, 0) is 6.42 Å². The van der Waals surface area contributed by atoms with Crippen molar-refractivity contribution in [2.24, 2.45) is 0 Å². The van der Waals surface area contributed by atoms with Crippen LogP contribution in [0.2, 0.25) is 0 Å². The van der Waals surface area contributed by atoms with Crippen LogP contribution in [-0.4, -0.2) is 16.8 Å². The molecule has 3 aromatic rings. The number of hydrogen-bond acceptors (Lipinski definition) is 3. The van der Waals surface area contributed by atoms with Gasteiger partial charge >= 0.3 is 0 Å². The molecule has 0 saturated carbocycles. The molecule has 0 bridgehead atoms. The summed E-state index contributed by atoms with van der Waals surface area (Å²) in [5, 5.41) is 5.30. The number of pyridine rings is 1. The van der Waals surface area contributed by atoms with E-state index in [1.807, 2.05) is 42.5 Å². The highest BCUT2D eigenvalue weighted by Crippen LogP contribution is 2.28. The highest BCUT2D eigenvalue weighted by Gasteiger charge is 2.27. The van der Waals surface area contributed by atoms with E-state index in [1.165, 1.54) is 5.56 Å². The Morgan fingerprint density at radius 2 is 2.00 bits per heavy atom. The van der Waals surface area contributed by atoms with E-state index in [2.05, 4.69) is 16.4 Å². The molecule has 21 heavy (non-hydrogen) atoms. The number of hydrogen-bond donors (Lipinski definition) is 1. The molecular formula is C18H14N2O. The second-order valence-electron chi connectivity index (χ2n) is 5.32. The summed E-state index contributed by atoms with van der Waals surface area (Å²) in [5.74, 6) is 0.142. The molecule has 0 fully saturated rings. The van der Waals surface area contributed by atoms with E-state index in [1.54, 1.807) is 12.4 Å². The first-order chi connectivity index (χ1) is 10.3. The molecule has 3 heteroatoms. The standard InChI is InChI=1S/C18H14N2O/c21-18(17-10-12-4-1-2-7-16(12)20-17)15-6-3-5-13-11-19-9-8-14(13)15/h1-9,11,17,20H,10H2. The van der Waals surface area contributed by atoms with Crippen LogP contribution in [0.1, 0.15) is 15.9 Å². The Kier molecular flexibility index (Phi) is 2.71. The van der Waals surface area contributed by atoms with Crippen LogP contribution in [0.15, 0.2) is 60.9 Å². The first-order valence-electron chi connectivity index (χ1n) is 7.04. The molecule has 0 radical (unpaired) electrons. The number of rotatable bonds is 2. The molecule has 1 unspecified atom stereocenters. The summed E-state index contributed by atoms with van der Waals surface area (Å²) in [4.78, 5) is 17.0. The Hall–Kier alpha value is -2.68. The lowest BCUT2D eigenvalue weighted by Crippen LogP contribution is -2.27. The molecule has 2 heterocycles. The third-order valence-electron chi connectivity index (χ3n) is 4.03. The number of para-hydroxylation sites is 1. The lowest BCUT2D eigenvalue weighted by molar-refractivity contribution is 0.0973. The molecule has 0 amide bonds. The summed E-state index contributed by atoms with van der Waals surface area (Å²) in [6.07, 6.45) is 4.27. The summed E-state index contributed by atoms with van der Waals surface area (Å²) in [5.41, 5.74) is 3.04. The first-order valence-corrected chi connectivity index (χ1v) is 7.04. The largest absolute Gasteiger partial charge is 0.374 e. The fourth-order valence-electron chi connectivity index (χ4n) is 2.98. The summed E-state index contributed by atoms with van der Waals surface area (Å²) >= 11 is 0. The minimum absolute atomic E-state index is 0.142. The zero-order valence-electron chi connectivity index (χ0n) is 11.4. The second kappa shape index (κ2) is 4.70. The molecule has 1 N–H and O–H groups in total. The SMILES string of the molecule is O=C(c1cccc2cnccc12)C1Cc2ccccc2N1. The van der Waals surface area contributed by atoms with Gasteiger partial charge in [-0.2, -0.15) is 0 Å². The molecule has 3 nitrogen and oxygen atoms in total. The molecule has 1 aliphatic heterocycles. The number of nitrogens with zero attached hydrogens (tertiary/aromatic N) is 1. The lowest BCUT2D eigenvalue weighted by Gasteiger charge is -2.12. The van der Waals surface area contributed by atoms with Crippen molar-refractivity contribution in [3.05, 3.63) is 72.1 Å². The fourth-order valence-corrected chi connectivity index (χ4v) is 2.98. The molecule has 0 saturated heterocycles. The van der Waals surface area contributed by atoms with Gasteiger partial charge in [0.1, 0.15) is 0 Å². The topological polar surface area (TPSA) is 42.0 Å². The number of carbonyl (C=O) groups is 1. The van der Waals surface area contributed by atoms with E-state index < -0.39 is 0 Å². The van der Waals surface area contributed by atoms with Crippen molar-refractivity contribution < 1.29 is 4.79 Å². The lowest BCUT2D eigenvalue weighted by atomic mass is 9.97. The molecule has 2 aromatic carbocycles. The van der Waals surface area contributed by atoms with Gasteiger partial charge in [-0.15, -0.1) is 0 Å². The zero-order chi connectivity index (χ0) is 14.2. The highest BCUT2D eigenvalue weighted by atomic mass is 16.1. The second-order valence-corrected chi connectivity index (χ2v) is 5.32. The van der Waals surface area contributed by atoms with Gasteiger partial charge in [-0.05, 0) is 23.1 Å². The van der Waals surface area contributed by atoms with Crippen LogP contribution < -0.4 is 5.32 Å². The van der Waals surface area contributed by atoms with Gasteiger partial charge in [-0.3, -0.25) is 9.78 Å². The smallest absolute Gasteiger partial charge is 0.185 e. The number of aromatic nitrogens is 1. The van der Waals surface area contributed by atoms with Crippen molar-refractivity contribution >= 4 is 22.2 Å². The van der Waals surface area contributed by atoms with Gasteiger partial charge in [-0.1, -0.05) is 36.4 Å². The molecule has 0 spiro atoms. The van der Waals surface area contributed by atoms with Crippen molar-refractivity contribution in [1.29, 1.82) is 0 Å². The van der Waals surface area contributed by atoms with E-state index in [-0.39, 0.29) is 11.8 Å². The highest BCUT2D eigenvalue weighted by molar-refractivity contribution is 6.11. The van der Waals surface area contributed by atoms with E-state index >= 15 is 0 Å². The third kappa shape index (κ3) is 1.98. The molecular weight excluding hydrogens is 260 g/mol. The van der Waals surface area contributed by atoms with Crippen molar-refractivity contribution in [3.63, 3.8) is 0 Å². The van der Waals surface area contributed by atoms with Crippen LogP contribution in [0.4, 0.5) is 5.69 Å². The average Bonchev–Trinajstić information content (AvgIpc) is 2.97. The summed E-state index contributed by atoms with van der Waals surface area (Å²) in [6, 6.07) is 15.6. The maximum Gasteiger partial charge on any atom is 0.185 e. The van der Waals surface area contributed by atoms with Crippen LogP contribution in [0.5, 0.6) is 0 Å². The number of fused-ring (bicyclic) bond motifs is 2. The zero-order valence-corrected chi connectivity index (χ0v) is 11.4. The van der Waals surface area contributed by atoms with Gasteiger partial charge in [0, 0.05) is 35.5 Å². The average molecular weight is 274 g/mol. The Bertz CT molecular complexity index is 811. The predicted molar refractivity (Wildman–Crippen MR) is 83.6 cm³/mol.